The zero-order valence-corrected chi connectivity index (χ0v) is 18.6. The summed E-state index contributed by atoms with van der Waals surface area (Å²) in [5.41, 5.74) is 4.74. The Hall–Kier alpha value is -3.45. The molecule has 1 saturated heterocycles. The molecule has 4 rings (SSSR count). The topological polar surface area (TPSA) is 70.5 Å². The fraction of sp³-hybridized carbons (Fsp3) is 0.320. The third-order valence-corrected chi connectivity index (χ3v) is 5.84. The van der Waals surface area contributed by atoms with Gasteiger partial charge >= 0.3 is 0 Å². The molecule has 2 aromatic carbocycles. The zero-order valence-electron chi connectivity index (χ0n) is 18.6. The van der Waals surface area contributed by atoms with Crippen molar-refractivity contribution in [3.8, 4) is 0 Å². The van der Waals surface area contributed by atoms with Gasteiger partial charge in [0.05, 0.1) is 24.8 Å². The Balaban J connectivity index is 1.27. The summed E-state index contributed by atoms with van der Waals surface area (Å²) in [5.74, 6) is -0.0340. The van der Waals surface area contributed by atoms with Gasteiger partial charge in [0.1, 0.15) is 0 Å². The predicted molar refractivity (Wildman–Crippen MR) is 125 cm³/mol. The van der Waals surface area contributed by atoms with Crippen LogP contribution >= 0.6 is 0 Å². The van der Waals surface area contributed by atoms with Gasteiger partial charge in [-0.3, -0.25) is 19.2 Å². The van der Waals surface area contributed by atoms with E-state index in [0.29, 0.717) is 44.8 Å². The minimum atomic E-state index is -0.0237. The molecule has 0 bridgehead atoms. The number of piperazine rings is 1. The Bertz CT molecular complexity index is 1060. The van der Waals surface area contributed by atoms with Crippen LogP contribution in [0.25, 0.3) is 0 Å². The van der Waals surface area contributed by atoms with Crippen LogP contribution in [0.15, 0.2) is 60.9 Å². The molecule has 0 radical (unpaired) electrons. The molecular weight excluding hydrogens is 402 g/mol. The Labute approximate surface area is 188 Å². The minimum Gasteiger partial charge on any atom is -0.336 e. The lowest BCUT2D eigenvalue weighted by molar-refractivity contribution is -0.117. The Morgan fingerprint density at radius 2 is 1.62 bits per heavy atom. The second-order valence-corrected chi connectivity index (χ2v) is 8.30. The largest absolute Gasteiger partial charge is 0.336 e. The fourth-order valence-corrected chi connectivity index (χ4v) is 4.02. The summed E-state index contributed by atoms with van der Waals surface area (Å²) in [6.07, 6.45) is 3.44. The molecule has 7 heteroatoms. The molecule has 2 amide bonds. The number of amides is 2. The van der Waals surface area contributed by atoms with E-state index >= 15 is 0 Å². The van der Waals surface area contributed by atoms with Gasteiger partial charge in [-0.25, -0.2) is 0 Å². The van der Waals surface area contributed by atoms with E-state index in [-0.39, 0.29) is 11.8 Å². The van der Waals surface area contributed by atoms with Gasteiger partial charge in [-0.15, -0.1) is 0 Å². The third-order valence-electron chi connectivity index (χ3n) is 5.84. The number of nitrogens with zero attached hydrogens (tertiary/aromatic N) is 4. The number of rotatable bonds is 6. The fourth-order valence-electron chi connectivity index (χ4n) is 4.02. The lowest BCUT2D eigenvalue weighted by Gasteiger charge is -2.34. The number of carbonyl (C=O) groups is 2. The van der Waals surface area contributed by atoms with Crippen LogP contribution in [0, 0.1) is 13.8 Å². The van der Waals surface area contributed by atoms with E-state index in [1.54, 1.807) is 17.1 Å². The maximum Gasteiger partial charge on any atom is 0.257 e. The van der Waals surface area contributed by atoms with Gasteiger partial charge in [0.25, 0.3) is 5.91 Å². The van der Waals surface area contributed by atoms with E-state index in [2.05, 4.69) is 15.3 Å². The number of hydrogen-bond acceptors (Lipinski definition) is 4. The molecule has 7 nitrogen and oxygen atoms in total. The van der Waals surface area contributed by atoms with Crippen LogP contribution in [0.3, 0.4) is 0 Å². The van der Waals surface area contributed by atoms with Crippen LogP contribution in [0.1, 0.15) is 27.0 Å². The number of hydrogen-bond donors (Lipinski definition) is 1. The summed E-state index contributed by atoms with van der Waals surface area (Å²) in [6, 6.07) is 16.0. The maximum atomic E-state index is 12.9. The van der Waals surface area contributed by atoms with Crippen LogP contribution in [0.5, 0.6) is 0 Å². The average Bonchev–Trinajstić information content (AvgIpc) is 3.25. The van der Waals surface area contributed by atoms with Gasteiger partial charge in [-0.2, -0.15) is 5.10 Å². The first kappa shape index (κ1) is 21.8. The van der Waals surface area contributed by atoms with Crippen molar-refractivity contribution in [3.05, 3.63) is 83.2 Å². The van der Waals surface area contributed by atoms with Crippen LogP contribution < -0.4 is 5.32 Å². The van der Waals surface area contributed by atoms with E-state index in [1.807, 2.05) is 67.3 Å². The van der Waals surface area contributed by atoms with Crippen molar-refractivity contribution < 1.29 is 9.59 Å². The summed E-state index contributed by atoms with van der Waals surface area (Å²) in [7, 11) is 0. The van der Waals surface area contributed by atoms with E-state index in [0.717, 1.165) is 22.4 Å². The molecule has 0 saturated carbocycles. The lowest BCUT2D eigenvalue weighted by atomic mass is 10.1. The number of aryl methyl sites for hydroxylation is 2. The van der Waals surface area contributed by atoms with Crippen molar-refractivity contribution in [2.75, 3.05) is 38.0 Å². The van der Waals surface area contributed by atoms with E-state index in [9.17, 15) is 9.59 Å². The van der Waals surface area contributed by atoms with Crippen molar-refractivity contribution in [1.82, 2.24) is 19.6 Å². The van der Waals surface area contributed by atoms with E-state index in [4.69, 9.17) is 0 Å². The van der Waals surface area contributed by atoms with Crippen LogP contribution in [-0.2, 0) is 11.3 Å². The Morgan fingerprint density at radius 1 is 0.938 bits per heavy atom. The minimum absolute atomic E-state index is 0.0102. The molecule has 0 spiro atoms. The maximum absolute atomic E-state index is 12.9. The average molecular weight is 432 g/mol. The standard InChI is InChI=1S/C25H29N5O2/c1-19-7-6-8-20(2)24(19)27-23(31)18-28-11-13-29(14-12-28)25(32)22-15-26-30(17-22)16-21-9-4-3-5-10-21/h3-10,15,17H,11-14,16,18H2,1-2H3,(H,27,31). The first-order valence-electron chi connectivity index (χ1n) is 10.9. The number of benzene rings is 2. The Kier molecular flexibility index (Phi) is 6.66. The number of carbonyl (C=O) groups excluding carboxylic acids is 2. The number of nitrogens with one attached hydrogen (secondary N) is 1. The summed E-state index contributed by atoms with van der Waals surface area (Å²) in [5, 5.41) is 7.38. The molecule has 0 unspecified atom stereocenters. The SMILES string of the molecule is Cc1cccc(C)c1NC(=O)CN1CCN(C(=O)c2cnn(Cc3ccccc3)c2)CC1. The van der Waals surface area contributed by atoms with Crippen molar-refractivity contribution in [1.29, 1.82) is 0 Å². The van der Waals surface area contributed by atoms with Crippen molar-refractivity contribution in [3.63, 3.8) is 0 Å². The summed E-state index contributed by atoms with van der Waals surface area (Å²) in [4.78, 5) is 29.3. The molecule has 1 fully saturated rings. The highest BCUT2D eigenvalue weighted by Crippen LogP contribution is 2.19. The van der Waals surface area contributed by atoms with Crippen LogP contribution in [0.2, 0.25) is 0 Å². The molecule has 1 aliphatic heterocycles. The molecule has 1 aliphatic rings. The van der Waals surface area contributed by atoms with Crippen molar-refractivity contribution in [2.45, 2.75) is 20.4 Å². The van der Waals surface area contributed by atoms with E-state index in [1.165, 1.54) is 0 Å². The molecule has 0 aliphatic carbocycles. The second-order valence-electron chi connectivity index (χ2n) is 8.30. The molecule has 3 aromatic rings. The number of anilines is 1. The smallest absolute Gasteiger partial charge is 0.257 e. The van der Waals surface area contributed by atoms with Crippen LogP contribution in [-0.4, -0.2) is 64.1 Å². The molecular formula is C25H29N5O2. The Morgan fingerprint density at radius 3 is 2.31 bits per heavy atom. The molecule has 32 heavy (non-hydrogen) atoms. The monoisotopic (exact) mass is 431 g/mol. The quantitative estimate of drug-likeness (QED) is 0.652. The normalized spacial score (nSPS) is 14.4. The second kappa shape index (κ2) is 9.78. The summed E-state index contributed by atoms with van der Waals surface area (Å²) >= 11 is 0. The number of para-hydroxylation sites is 1. The number of aromatic nitrogens is 2. The molecule has 1 aromatic heterocycles. The van der Waals surface area contributed by atoms with Gasteiger partial charge in [0.15, 0.2) is 0 Å². The highest BCUT2D eigenvalue weighted by molar-refractivity contribution is 5.94. The molecule has 0 atom stereocenters. The molecule has 166 valence electrons. The highest BCUT2D eigenvalue weighted by atomic mass is 16.2. The summed E-state index contributed by atoms with van der Waals surface area (Å²) in [6.45, 7) is 7.49. The highest BCUT2D eigenvalue weighted by Gasteiger charge is 2.24. The predicted octanol–water partition coefficient (Wildman–Crippen LogP) is 2.94. The first-order valence-corrected chi connectivity index (χ1v) is 10.9. The van der Waals surface area contributed by atoms with Gasteiger partial charge in [-0.1, -0.05) is 48.5 Å². The summed E-state index contributed by atoms with van der Waals surface area (Å²) < 4.78 is 1.79. The molecule has 1 N–H and O–H groups in total. The van der Waals surface area contributed by atoms with Crippen LogP contribution in [0.4, 0.5) is 5.69 Å². The van der Waals surface area contributed by atoms with E-state index < -0.39 is 0 Å². The van der Waals surface area contributed by atoms with Gasteiger partial charge in [0.2, 0.25) is 5.91 Å². The van der Waals surface area contributed by atoms with Gasteiger partial charge < -0.3 is 10.2 Å². The zero-order chi connectivity index (χ0) is 22.5. The van der Waals surface area contributed by atoms with Crippen molar-refractivity contribution in [2.24, 2.45) is 0 Å². The first-order chi connectivity index (χ1) is 15.5. The lowest BCUT2D eigenvalue weighted by Crippen LogP contribution is -2.50. The van der Waals surface area contributed by atoms with Gasteiger partial charge in [-0.05, 0) is 30.5 Å². The third kappa shape index (κ3) is 5.23. The van der Waals surface area contributed by atoms with Gasteiger partial charge in [0, 0.05) is 38.1 Å². The molecule has 2 heterocycles. The van der Waals surface area contributed by atoms with Crippen molar-refractivity contribution >= 4 is 17.5 Å².